The van der Waals surface area contributed by atoms with Crippen LogP contribution < -0.4 is 10.6 Å². The second-order valence-corrected chi connectivity index (χ2v) is 7.02. The van der Waals surface area contributed by atoms with E-state index in [0.717, 1.165) is 17.0 Å². The van der Waals surface area contributed by atoms with Gasteiger partial charge in [-0.2, -0.15) is 0 Å². The molecule has 2 aromatic carbocycles. The van der Waals surface area contributed by atoms with Crippen molar-refractivity contribution in [3.63, 3.8) is 0 Å². The molecule has 7 heteroatoms. The third kappa shape index (κ3) is 4.73. The smallest absolute Gasteiger partial charge is 0.319 e. The molecular formula is C22H20ClN5O. The highest BCUT2D eigenvalue weighted by Gasteiger charge is 2.12. The van der Waals surface area contributed by atoms with Crippen molar-refractivity contribution in [2.24, 2.45) is 0 Å². The Hall–Kier alpha value is -3.38. The molecule has 0 spiro atoms. The van der Waals surface area contributed by atoms with E-state index >= 15 is 0 Å². The number of rotatable bonds is 6. The van der Waals surface area contributed by atoms with E-state index in [4.69, 9.17) is 16.6 Å². The minimum absolute atomic E-state index is 0.267. The lowest BCUT2D eigenvalue weighted by molar-refractivity contribution is 0.252. The van der Waals surface area contributed by atoms with Crippen LogP contribution in [-0.4, -0.2) is 27.1 Å². The number of nitrogens with one attached hydrogen (secondary N) is 2. The predicted octanol–water partition coefficient (Wildman–Crippen LogP) is 4.50. The van der Waals surface area contributed by atoms with Crippen molar-refractivity contribution in [2.45, 2.75) is 13.0 Å². The summed E-state index contributed by atoms with van der Waals surface area (Å²) in [5, 5.41) is 6.29. The van der Waals surface area contributed by atoms with E-state index in [0.29, 0.717) is 30.2 Å². The highest BCUT2D eigenvalue weighted by Crippen LogP contribution is 2.16. The molecule has 0 fully saturated rings. The van der Waals surface area contributed by atoms with Crippen LogP contribution in [0, 0.1) is 0 Å². The van der Waals surface area contributed by atoms with Gasteiger partial charge in [0, 0.05) is 29.9 Å². The topological polar surface area (TPSA) is 71.8 Å². The monoisotopic (exact) mass is 405 g/mol. The van der Waals surface area contributed by atoms with Crippen LogP contribution in [0.4, 0.5) is 10.5 Å². The summed E-state index contributed by atoms with van der Waals surface area (Å²) in [6.07, 6.45) is 2.37. The van der Waals surface area contributed by atoms with E-state index in [1.807, 2.05) is 30.3 Å². The predicted molar refractivity (Wildman–Crippen MR) is 115 cm³/mol. The minimum Gasteiger partial charge on any atom is -0.337 e. The van der Waals surface area contributed by atoms with Crippen LogP contribution in [0.2, 0.25) is 5.02 Å². The summed E-state index contributed by atoms with van der Waals surface area (Å²) < 4.78 is 2.10. The SMILES string of the molecule is O=C(NCCc1nc2cccnc2n1Cc1ccccc1)Nc1ccc(Cl)cc1. The van der Waals surface area contributed by atoms with Gasteiger partial charge in [-0.3, -0.25) is 0 Å². The summed E-state index contributed by atoms with van der Waals surface area (Å²) in [6, 6.07) is 20.7. The lowest BCUT2D eigenvalue weighted by atomic mass is 10.2. The summed E-state index contributed by atoms with van der Waals surface area (Å²) in [7, 11) is 0. The van der Waals surface area contributed by atoms with Crippen LogP contribution in [0.3, 0.4) is 0 Å². The van der Waals surface area contributed by atoms with E-state index < -0.39 is 0 Å². The molecule has 4 aromatic rings. The van der Waals surface area contributed by atoms with Crippen LogP contribution in [0.5, 0.6) is 0 Å². The number of anilines is 1. The molecule has 6 nitrogen and oxygen atoms in total. The lowest BCUT2D eigenvalue weighted by Gasteiger charge is -2.10. The number of carbonyl (C=O) groups is 1. The number of imidazole rings is 1. The van der Waals surface area contributed by atoms with E-state index in [1.165, 1.54) is 5.56 Å². The Morgan fingerprint density at radius 1 is 1.00 bits per heavy atom. The number of carbonyl (C=O) groups excluding carboxylic acids is 1. The molecule has 0 aliphatic rings. The van der Waals surface area contributed by atoms with Gasteiger partial charge in [0.05, 0.1) is 6.54 Å². The number of fused-ring (bicyclic) bond motifs is 1. The Kier molecular flexibility index (Phi) is 5.72. The number of halogens is 1. The number of amides is 2. The van der Waals surface area contributed by atoms with Crippen LogP contribution in [0.1, 0.15) is 11.4 Å². The summed E-state index contributed by atoms with van der Waals surface area (Å²) in [4.78, 5) is 21.3. The molecular weight excluding hydrogens is 386 g/mol. The van der Waals surface area contributed by atoms with Gasteiger partial charge in [0.2, 0.25) is 0 Å². The highest BCUT2D eigenvalue weighted by atomic mass is 35.5. The molecule has 2 amide bonds. The fraction of sp³-hybridized carbons (Fsp3) is 0.136. The number of hydrogen-bond acceptors (Lipinski definition) is 3. The molecule has 0 radical (unpaired) electrons. The molecule has 4 rings (SSSR count). The maximum atomic E-state index is 12.1. The van der Waals surface area contributed by atoms with Crippen LogP contribution in [0.25, 0.3) is 11.2 Å². The highest BCUT2D eigenvalue weighted by molar-refractivity contribution is 6.30. The van der Waals surface area contributed by atoms with Gasteiger partial charge >= 0.3 is 6.03 Å². The Labute approximate surface area is 173 Å². The number of hydrogen-bond donors (Lipinski definition) is 2. The Morgan fingerprint density at radius 2 is 1.79 bits per heavy atom. The fourth-order valence-corrected chi connectivity index (χ4v) is 3.25. The average molecular weight is 406 g/mol. The molecule has 2 heterocycles. The quantitative estimate of drug-likeness (QED) is 0.496. The molecule has 2 N–H and O–H groups in total. The summed E-state index contributed by atoms with van der Waals surface area (Å²) in [5.41, 5.74) is 3.56. The summed E-state index contributed by atoms with van der Waals surface area (Å²) in [5.74, 6) is 0.884. The molecule has 0 aliphatic carbocycles. The van der Waals surface area contributed by atoms with Crippen molar-refractivity contribution in [1.82, 2.24) is 19.9 Å². The zero-order chi connectivity index (χ0) is 20.1. The van der Waals surface area contributed by atoms with Crippen molar-refractivity contribution >= 4 is 34.5 Å². The zero-order valence-corrected chi connectivity index (χ0v) is 16.4. The molecule has 146 valence electrons. The van der Waals surface area contributed by atoms with Crippen LogP contribution in [0.15, 0.2) is 72.9 Å². The van der Waals surface area contributed by atoms with E-state index in [2.05, 4.69) is 32.3 Å². The number of nitrogens with zero attached hydrogens (tertiary/aromatic N) is 3. The van der Waals surface area contributed by atoms with Crippen molar-refractivity contribution in [3.8, 4) is 0 Å². The standard InChI is InChI=1S/C22H20ClN5O/c23-17-8-10-18(11-9-17)26-22(29)25-14-12-20-27-19-7-4-13-24-21(19)28(20)15-16-5-2-1-3-6-16/h1-11,13H,12,14-15H2,(H2,25,26,29). The molecule has 0 atom stereocenters. The average Bonchev–Trinajstić information content (AvgIpc) is 3.08. The van der Waals surface area contributed by atoms with Gasteiger partial charge < -0.3 is 15.2 Å². The second-order valence-electron chi connectivity index (χ2n) is 6.58. The van der Waals surface area contributed by atoms with Gasteiger partial charge in [0.15, 0.2) is 5.65 Å². The van der Waals surface area contributed by atoms with Gasteiger partial charge in [-0.05, 0) is 42.0 Å². The van der Waals surface area contributed by atoms with Gasteiger partial charge in [-0.1, -0.05) is 41.9 Å². The number of pyridine rings is 1. The molecule has 2 aromatic heterocycles. The first kappa shape index (κ1) is 19.0. The normalized spacial score (nSPS) is 10.8. The van der Waals surface area contributed by atoms with Crippen molar-refractivity contribution in [3.05, 3.63) is 89.3 Å². The molecule has 0 aliphatic heterocycles. The van der Waals surface area contributed by atoms with Gasteiger partial charge in [-0.15, -0.1) is 0 Å². The number of urea groups is 1. The van der Waals surface area contributed by atoms with Crippen LogP contribution in [-0.2, 0) is 13.0 Å². The zero-order valence-electron chi connectivity index (χ0n) is 15.7. The second kappa shape index (κ2) is 8.75. The minimum atomic E-state index is -0.267. The Morgan fingerprint density at radius 3 is 2.59 bits per heavy atom. The van der Waals surface area contributed by atoms with Gasteiger partial charge in [0.1, 0.15) is 11.3 Å². The maximum absolute atomic E-state index is 12.1. The molecule has 0 bridgehead atoms. The van der Waals surface area contributed by atoms with Crippen molar-refractivity contribution in [2.75, 3.05) is 11.9 Å². The first-order chi connectivity index (χ1) is 14.2. The Balaban J connectivity index is 1.44. The third-order valence-electron chi connectivity index (χ3n) is 4.50. The molecule has 0 unspecified atom stereocenters. The fourth-order valence-electron chi connectivity index (χ4n) is 3.12. The first-order valence-corrected chi connectivity index (χ1v) is 9.71. The van der Waals surface area contributed by atoms with E-state index in [9.17, 15) is 4.79 Å². The Bertz CT molecular complexity index is 1110. The number of benzene rings is 2. The van der Waals surface area contributed by atoms with Crippen molar-refractivity contribution < 1.29 is 4.79 Å². The first-order valence-electron chi connectivity index (χ1n) is 9.33. The maximum Gasteiger partial charge on any atom is 0.319 e. The van der Waals surface area contributed by atoms with Gasteiger partial charge in [-0.25, -0.2) is 14.8 Å². The van der Waals surface area contributed by atoms with E-state index in [1.54, 1.807) is 30.5 Å². The molecule has 29 heavy (non-hydrogen) atoms. The van der Waals surface area contributed by atoms with Crippen molar-refractivity contribution in [1.29, 1.82) is 0 Å². The lowest BCUT2D eigenvalue weighted by Crippen LogP contribution is -2.31. The number of aromatic nitrogens is 3. The summed E-state index contributed by atoms with van der Waals surface area (Å²) in [6.45, 7) is 1.14. The third-order valence-corrected chi connectivity index (χ3v) is 4.75. The van der Waals surface area contributed by atoms with Crippen LogP contribution >= 0.6 is 11.6 Å². The largest absolute Gasteiger partial charge is 0.337 e. The summed E-state index contributed by atoms with van der Waals surface area (Å²) >= 11 is 5.86. The van der Waals surface area contributed by atoms with Gasteiger partial charge in [0.25, 0.3) is 0 Å². The molecule has 0 saturated heterocycles. The molecule has 0 saturated carbocycles. The van der Waals surface area contributed by atoms with E-state index in [-0.39, 0.29) is 6.03 Å².